The van der Waals surface area contributed by atoms with E-state index in [0.717, 1.165) is 18.7 Å². The summed E-state index contributed by atoms with van der Waals surface area (Å²) >= 11 is 0.701. The van der Waals surface area contributed by atoms with Crippen molar-refractivity contribution in [3.05, 3.63) is 41.2 Å². The minimum absolute atomic E-state index is 0.00585. The van der Waals surface area contributed by atoms with Crippen molar-refractivity contribution in [3.63, 3.8) is 0 Å². The van der Waals surface area contributed by atoms with Crippen molar-refractivity contribution in [1.29, 1.82) is 0 Å². The number of hydrogen-bond acceptors (Lipinski definition) is 9. The monoisotopic (exact) mass is 539 g/mol. The number of alkyl halides is 3. The van der Waals surface area contributed by atoms with Crippen LogP contribution in [0.4, 0.5) is 23.8 Å². The average molecular weight is 539 g/mol. The van der Waals surface area contributed by atoms with Gasteiger partial charge in [-0.15, -0.1) is 11.3 Å². The summed E-state index contributed by atoms with van der Waals surface area (Å²) in [4.78, 5) is 46.9. The lowest BCUT2D eigenvalue weighted by molar-refractivity contribution is -0.140. The summed E-state index contributed by atoms with van der Waals surface area (Å²) in [5, 5.41) is 14.7. The van der Waals surface area contributed by atoms with Gasteiger partial charge in [-0.1, -0.05) is 0 Å². The average Bonchev–Trinajstić information content (AvgIpc) is 3.35. The van der Waals surface area contributed by atoms with E-state index < -0.39 is 29.8 Å². The summed E-state index contributed by atoms with van der Waals surface area (Å²) in [6.07, 6.45) is -2.66. The summed E-state index contributed by atoms with van der Waals surface area (Å²) in [6.45, 7) is 1.74. The van der Waals surface area contributed by atoms with Gasteiger partial charge in [-0.2, -0.15) is 13.2 Å². The quantitative estimate of drug-likeness (QED) is 0.342. The minimum Gasteiger partial charge on any atom is -0.481 e. The van der Waals surface area contributed by atoms with Gasteiger partial charge in [0, 0.05) is 41.0 Å². The number of halogens is 3. The second-order valence-corrected chi connectivity index (χ2v) is 8.05. The maximum atomic E-state index is 13.3. The Morgan fingerprint density at radius 3 is 2.49 bits per heavy atom. The Morgan fingerprint density at radius 1 is 1.11 bits per heavy atom. The van der Waals surface area contributed by atoms with Gasteiger partial charge in [0.15, 0.2) is 5.69 Å². The van der Waals surface area contributed by atoms with E-state index in [1.807, 2.05) is 0 Å². The fourth-order valence-corrected chi connectivity index (χ4v) is 3.85. The van der Waals surface area contributed by atoms with E-state index in [4.69, 9.17) is 14.6 Å². The molecule has 0 unspecified atom stereocenters. The number of carboxylic acids is 1. The number of nitrogens with one attached hydrogen (secondary N) is 2. The number of aromatic nitrogens is 3. The highest BCUT2D eigenvalue weighted by Crippen LogP contribution is 2.40. The Bertz CT molecular complexity index is 1310. The van der Waals surface area contributed by atoms with Crippen LogP contribution in [0.15, 0.2) is 29.9 Å². The van der Waals surface area contributed by atoms with Gasteiger partial charge in [-0.3, -0.25) is 10.1 Å². The van der Waals surface area contributed by atoms with Crippen LogP contribution >= 0.6 is 11.3 Å². The predicted molar refractivity (Wildman–Crippen MR) is 125 cm³/mol. The van der Waals surface area contributed by atoms with Crippen LogP contribution in [0.3, 0.4) is 0 Å². The summed E-state index contributed by atoms with van der Waals surface area (Å²) in [5.74, 6) is -1.96. The molecule has 0 atom stereocenters. The Labute approximate surface area is 211 Å². The lowest BCUT2D eigenvalue weighted by Crippen LogP contribution is -2.28. The van der Waals surface area contributed by atoms with E-state index in [0.29, 0.717) is 17.9 Å². The molecule has 2 amide bonds. The number of carbonyl (C=O) groups is 3. The molecule has 0 aromatic carbocycles. The highest BCUT2D eigenvalue weighted by Gasteiger charge is 2.34. The van der Waals surface area contributed by atoms with Gasteiger partial charge < -0.3 is 19.9 Å². The lowest BCUT2D eigenvalue weighted by Gasteiger charge is -2.15. The molecule has 37 heavy (non-hydrogen) atoms. The third-order valence-electron chi connectivity index (χ3n) is 4.63. The first-order chi connectivity index (χ1) is 17.5. The third kappa shape index (κ3) is 6.91. The van der Waals surface area contributed by atoms with Crippen LogP contribution in [0.2, 0.25) is 0 Å². The number of ether oxygens (including phenoxy) is 2. The molecule has 15 heteroatoms. The number of anilines is 1. The first-order valence-electron chi connectivity index (χ1n) is 10.5. The Hall–Kier alpha value is -4.27. The van der Waals surface area contributed by atoms with Crippen molar-refractivity contribution >= 4 is 35.1 Å². The summed E-state index contributed by atoms with van der Waals surface area (Å²) in [6, 6.07) is 2.05. The van der Waals surface area contributed by atoms with E-state index in [1.165, 1.54) is 18.3 Å². The van der Waals surface area contributed by atoms with Gasteiger partial charge in [-0.25, -0.2) is 24.5 Å². The van der Waals surface area contributed by atoms with Crippen molar-refractivity contribution in [2.45, 2.75) is 19.5 Å². The highest BCUT2D eigenvalue weighted by molar-refractivity contribution is 7.13. The van der Waals surface area contributed by atoms with Gasteiger partial charge in [-0.05, 0) is 19.1 Å². The van der Waals surface area contributed by atoms with Gasteiger partial charge >= 0.3 is 24.1 Å². The second-order valence-electron chi connectivity index (χ2n) is 7.20. The molecule has 0 spiro atoms. The van der Waals surface area contributed by atoms with Crippen LogP contribution in [-0.2, 0) is 15.7 Å². The summed E-state index contributed by atoms with van der Waals surface area (Å²) in [5.41, 5.74) is -0.729. The number of hydrogen-bond donors (Lipinski definition) is 3. The molecular weight excluding hydrogens is 519 g/mol. The molecule has 0 aliphatic carbocycles. The minimum atomic E-state index is -4.69. The molecule has 0 aliphatic rings. The van der Waals surface area contributed by atoms with Gasteiger partial charge in [0.2, 0.25) is 5.88 Å². The largest absolute Gasteiger partial charge is 0.481 e. The van der Waals surface area contributed by atoms with E-state index >= 15 is 0 Å². The first-order valence-corrected chi connectivity index (χ1v) is 11.4. The highest BCUT2D eigenvalue weighted by atomic mass is 32.1. The van der Waals surface area contributed by atoms with Crippen LogP contribution in [0.1, 0.15) is 29.4 Å². The summed E-state index contributed by atoms with van der Waals surface area (Å²) < 4.78 is 50.0. The lowest BCUT2D eigenvalue weighted by atomic mass is 10.0. The number of rotatable bonds is 9. The number of amides is 2. The number of thiazole rings is 1. The molecular formula is C22H20F3N5O6S. The molecule has 196 valence electrons. The SMILES string of the molecule is CCNC(=O)Nc1cc(-c2nc(C(F)(F)F)cs2)c(-c2cc(C(=O)OC)cnc2OCCC(=O)O)cn1. The van der Waals surface area contributed by atoms with Crippen LogP contribution in [0.25, 0.3) is 21.7 Å². The van der Waals surface area contributed by atoms with Crippen molar-refractivity contribution in [2.75, 3.05) is 25.6 Å². The van der Waals surface area contributed by atoms with Gasteiger partial charge in [0.25, 0.3) is 0 Å². The molecule has 0 saturated heterocycles. The number of carbonyl (C=O) groups excluding carboxylic acids is 2. The first kappa shape index (κ1) is 27.3. The van der Waals surface area contributed by atoms with Crippen LogP contribution in [-0.4, -0.2) is 58.3 Å². The molecule has 0 aliphatic heterocycles. The smallest absolute Gasteiger partial charge is 0.434 e. The number of carboxylic acid groups (broad SMARTS) is 1. The molecule has 0 radical (unpaired) electrons. The Balaban J connectivity index is 2.19. The molecule has 0 saturated carbocycles. The third-order valence-corrected chi connectivity index (χ3v) is 5.50. The number of aliphatic carboxylic acids is 1. The van der Waals surface area contributed by atoms with Crippen molar-refractivity contribution < 1.29 is 42.1 Å². The second kappa shape index (κ2) is 11.6. The molecule has 3 heterocycles. The topological polar surface area (TPSA) is 153 Å². The number of esters is 1. The van der Waals surface area contributed by atoms with Crippen LogP contribution in [0.5, 0.6) is 5.88 Å². The van der Waals surface area contributed by atoms with Gasteiger partial charge in [0.1, 0.15) is 17.4 Å². The number of nitrogens with zero attached hydrogens (tertiary/aromatic N) is 3. The molecule has 11 nitrogen and oxygen atoms in total. The standard InChI is InChI=1S/C22H20F3N5O6S/c1-3-26-21(34)30-16-7-13(19-29-15(10-37-19)22(23,24)25)14(9-27-16)12-6-11(20(33)35-2)8-28-18(12)36-5-4-17(31)32/h6-10H,3-5H2,1-2H3,(H,31,32)(H2,26,27,30,34). The van der Waals surface area contributed by atoms with E-state index in [2.05, 4.69) is 25.6 Å². The maximum absolute atomic E-state index is 13.3. The zero-order chi connectivity index (χ0) is 27.2. The maximum Gasteiger partial charge on any atom is 0.434 e. The van der Waals surface area contributed by atoms with E-state index in [9.17, 15) is 27.6 Å². The molecule has 3 aromatic heterocycles. The van der Waals surface area contributed by atoms with Crippen molar-refractivity contribution in [2.24, 2.45) is 0 Å². The fraction of sp³-hybridized carbons (Fsp3) is 0.273. The van der Waals surface area contributed by atoms with Crippen LogP contribution < -0.4 is 15.4 Å². The molecule has 3 N–H and O–H groups in total. The zero-order valence-corrected chi connectivity index (χ0v) is 20.2. The van der Waals surface area contributed by atoms with E-state index in [1.54, 1.807) is 6.92 Å². The van der Waals surface area contributed by atoms with E-state index in [-0.39, 0.29) is 52.0 Å². The molecule has 3 rings (SSSR count). The molecule has 0 fully saturated rings. The zero-order valence-electron chi connectivity index (χ0n) is 19.4. The molecule has 0 bridgehead atoms. The summed E-state index contributed by atoms with van der Waals surface area (Å²) in [7, 11) is 1.16. The molecule has 3 aromatic rings. The Morgan fingerprint density at radius 2 is 1.86 bits per heavy atom. The fourth-order valence-electron chi connectivity index (χ4n) is 2.99. The Kier molecular flexibility index (Phi) is 8.60. The normalized spacial score (nSPS) is 11.1. The van der Waals surface area contributed by atoms with Crippen LogP contribution in [0, 0.1) is 0 Å². The number of pyridine rings is 2. The predicted octanol–water partition coefficient (Wildman–Crippen LogP) is 4.07. The number of urea groups is 1. The number of methoxy groups -OCH3 is 1. The van der Waals surface area contributed by atoms with Gasteiger partial charge in [0.05, 0.1) is 19.1 Å². The van der Waals surface area contributed by atoms with Crippen molar-refractivity contribution in [3.8, 4) is 27.6 Å². The van der Waals surface area contributed by atoms with Crippen molar-refractivity contribution in [1.82, 2.24) is 20.3 Å².